The van der Waals surface area contributed by atoms with Crippen LogP contribution in [0.25, 0.3) is 0 Å². The summed E-state index contributed by atoms with van der Waals surface area (Å²) in [5.41, 5.74) is 1.68. The molecule has 0 aliphatic carbocycles. The van der Waals surface area contributed by atoms with Gasteiger partial charge in [-0.05, 0) is 44.0 Å². The molecular weight excluding hydrogens is 292 g/mol. The fraction of sp³-hybridized carbons (Fsp3) is 0.611. The molecule has 1 N–H and O–H groups in total. The Morgan fingerprint density at radius 1 is 1.43 bits per heavy atom. The van der Waals surface area contributed by atoms with Crippen LogP contribution < -0.4 is 4.74 Å². The number of aliphatic hydroxyl groups is 1. The zero-order valence-electron chi connectivity index (χ0n) is 13.6. The fourth-order valence-corrected chi connectivity index (χ4v) is 3.84. The maximum Gasteiger partial charge on any atom is 0.123 e. The molecule has 2 aliphatic rings. The molecule has 0 radical (unpaired) electrons. The molecule has 5 nitrogen and oxygen atoms in total. The van der Waals surface area contributed by atoms with Gasteiger partial charge in [-0.1, -0.05) is 0 Å². The van der Waals surface area contributed by atoms with Crippen molar-refractivity contribution < 1.29 is 14.6 Å². The Bertz CT molecular complexity index is 584. The zero-order chi connectivity index (χ0) is 16.2. The van der Waals surface area contributed by atoms with Crippen LogP contribution in [0.5, 0.6) is 5.75 Å². The van der Waals surface area contributed by atoms with E-state index in [9.17, 15) is 5.11 Å². The minimum atomic E-state index is -0.276. The molecule has 2 aliphatic heterocycles. The maximum atomic E-state index is 10.3. The van der Waals surface area contributed by atoms with Gasteiger partial charge < -0.3 is 14.6 Å². The summed E-state index contributed by atoms with van der Waals surface area (Å²) in [6.45, 7) is 3.04. The molecule has 3 atom stereocenters. The SMILES string of the molecule is COc1ccc(C#N)cc1CN1CCCC1C1COCCC1O. The molecule has 0 saturated carbocycles. The van der Waals surface area contributed by atoms with Gasteiger partial charge in [0.15, 0.2) is 0 Å². The van der Waals surface area contributed by atoms with Crippen LogP contribution in [0.4, 0.5) is 0 Å². The number of nitriles is 1. The molecule has 124 valence electrons. The smallest absolute Gasteiger partial charge is 0.123 e. The van der Waals surface area contributed by atoms with Crippen molar-refractivity contribution in [3.05, 3.63) is 29.3 Å². The molecule has 0 spiro atoms. The third-order valence-corrected chi connectivity index (χ3v) is 5.05. The zero-order valence-corrected chi connectivity index (χ0v) is 13.6. The summed E-state index contributed by atoms with van der Waals surface area (Å²) in [5, 5.41) is 19.4. The van der Waals surface area contributed by atoms with E-state index in [-0.39, 0.29) is 12.0 Å². The quantitative estimate of drug-likeness (QED) is 0.919. The second kappa shape index (κ2) is 7.31. The highest BCUT2D eigenvalue weighted by atomic mass is 16.5. The molecule has 1 aromatic carbocycles. The molecule has 5 heteroatoms. The monoisotopic (exact) mass is 316 g/mol. The number of methoxy groups -OCH3 is 1. The third-order valence-electron chi connectivity index (χ3n) is 5.05. The van der Waals surface area contributed by atoms with E-state index in [0.717, 1.165) is 43.7 Å². The lowest BCUT2D eigenvalue weighted by molar-refractivity contribution is -0.0636. The van der Waals surface area contributed by atoms with Crippen LogP contribution in [0.15, 0.2) is 18.2 Å². The molecule has 23 heavy (non-hydrogen) atoms. The van der Waals surface area contributed by atoms with Crippen LogP contribution in [-0.2, 0) is 11.3 Å². The Kier molecular flexibility index (Phi) is 5.16. The molecule has 0 bridgehead atoms. The van der Waals surface area contributed by atoms with Crippen LogP contribution in [0, 0.1) is 17.2 Å². The van der Waals surface area contributed by atoms with Crippen molar-refractivity contribution in [2.24, 2.45) is 5.92 Å². The molecule has 3 rings (SSSR count). The van der Waals surface area contributed by atoms with Gasteiger partial charge in [0.25, 0.3) is 0 Å². The number of rotatable bonds is 4. The molecule has 3 unspecified atom stereocenters. The molecule has 2 heterocycles. The van der Waals surface area contributed by atoms with Crippen LogP contribution in [0.2, 0.25) is 0 Å². The fourth-order valence-electron chi connectivity index (χ4n) is 3.84. The number of ether oxygens (including phenoxy) is 2. The molecule has 0 amide bonds. The van der Waals surface area contributed by atoms with E-state index >= 15 is 0 Å². The van der Waals surface area contributed by atoms with Crippen LogP contribution in [0.3, 0.4) is 0 Å². The van der Waals surface area contributed by atoms with Gasteiger partial charge in [0.1, 0.15) is 5.75 Å². The van der Waals surface area contributed by atoms with Gasteiger partial charge in [-0.2, -0.15) is 5.26 Å². The van der Waals surface area contributed by atoms with Crippen LogP contribution in [0.1, 0.15) is 30.4 Å². The van der Waals surface area contributed by atoms with E-state index in [1.54, 1.807) is 13.2 Å². The van der Waals surface area contributed by atoms with Crippen LogP contribution >= 0.6 is 0 Å². The average Bonchev–Trinajstić information content (AvgIpc) is 3.03. The summed E-state index contributed by atoms with van der Waals surface area (Å²) < 4.78 is 11.0. The Balaban J connectivity index is 1.77. The summed E-state index contributed by atoms with van der Waals surface area (Å²) in [6.07, 6.45) is 2.67. The van der Waals surface area contributed by atoms with Crippen molar-refractivity contribution in [2.75, 3.05) is 26.9 Å². The molecule has 2 saturated heterocycles. The Labute approximate surface area is 137 Å². The van der Waals surface area contributed by atoms with E-state index in [1.807, 2.05) is 12.1 Å². The van der Waals surface area contributed by atoms with Gasteiger partial charge in [0.05, 0.1) is 31.5 Å². The normalized spacial score (nSPS) is 28.5. The van der Waals surface area contributed by atoms with Crippen molar-refractivity contribution in [1.29, 1.82) is 5.26 Å². The first-order chi connectivity index (χ1) is 11.2. The topological polar surface area (TPSA) is 65.7 Å². The second-order valence-corrected chi connectivity index (χ2v) is 6.41. The van der Waals surface area contributed by atoms with Gasteiger partial charge in [-0.15, -0.1) is 0 Å². The predicted octanol–water partition coefficient (Wildman–Crippen LogP) is 1.93. The number of hydrogen-bond acceptors (Lipinski definition) is 5. The number of benzene rings is 1. The highest BCUT2D eigenvalue weighted by molar-refractivity contribution is 5.42. The highest BCUT2D eigenvalue weighted by Gasteiger charge is 2.37. The van der Waals surface area contributed by atoms with E-state index in [1.165, 1.54) is 0 Å². The van der Waals surface area contributed by atoms with E-state index in [0.29, 0.717) is 24.8 Å². The minimum Gasteiger partial charge on any atom is -0.496 e. The molecule has 1 aromatic rings. The summed E-state index contributed by atoms with van der Waals surface area (Å²) >= 11 is 0. The van der Waals surface area contributed by atoms with Crippen molar-refractivity contribution >= 4 is 0 Å². The predicted molar refractivity (Wildman–Crippen MR) is 86.1 cm³/mol. The third kappa shape index (κ3) is 3.50. The minimum absolute atomic E-state index is 0.177. The lowest BCUT2D eigenvalue weighted by Gasteiger charge is -2.37. The molecule has 2 fully saturated rings. The van der Waals surface area contributed by atoms with Crippen molar-refractivity contribution in [1.82, 2.24) is 4.90 Å². The summed E-state index contributed by atoms with van der Waals surface area (Å²) in [7, 11) is 1.66. The number of aliphatic hydroxyl groups excluding tert-OH is 1. The number of likely N-dealkylation sites (tertiary alicyclic amines) is 1. The first-order valence-corrected chi connectivity index (χ1v) is 8.30. The molecular formula is C18H24N2O3. The Hall–Kier alpha value is -1.61. The van der Waals surface area contributed by atoms with Gasteiger partial charge >= 0.3 is 0 Å². The summed E-state index contributed by atoms with van der Waals surface area (Å²) in [4.78, 5) is 2.40. The average molecular weight is 316 g/mol. The van der Waals surface area contributed by atoms with E-state index in [4.69, 9.17) is 14.7 Å². The van der Waals surface area contributed by atoms with E-state index in [2.05, 4.69) is 11.0 Å². The Morgan fingerprint density at radius 3 is 3.04 bits per heavy atom. The van der Waals surface area contributed by atoms with E-state index < -0.39 is 0 Å². The number of nitrogens with zero attached hydrogens (tertiary/aromatic N) is 2. The summed E-state index contributed by atoms with van der Waals surface area (Å²) in [6, 6.07) is 8.07. The van der Waals surface area contributed by atoms with Crippen molar-refractivity contribution in [3.8, 4) is 11.8 Å². The van der Waals surface area contributed by atoms with Gasteiger partial charge in [0, 0.05) is 30.7 Å². The number of hydrogen-bond donors (Lipinski definition) is 1. The van der Waals surface area contributed by atoms with Crippen molar-refractivity contribution in [3.63, 3.8) is 0 Å². The standard InChI is InChI=1S/C18H24N2O3/c1-22-18-5-4-13(10-19)9-14(18)11-20-7-2-3-16(20)15-12-23-8-6-17(15)21/h4-5,9,15-17,21H,2-3,6-8,11-12H2,1H3. The largest absolute Gasteiger partial charge is 0.496 e. The first-order valence-electron chi connectivity index (χ1n) is 8.30. The lowest BCUT2D eigenvalue weighted by atomic mass is 9.89. The van der Waals surface area contributed by atoms with Crippen molar-refractivity contribution in [2.45, 2.75) is 38.0 Å². The van der Waals surface area contributed by atoms with Gasteiger partial charge in [0.2, 0.25) is 0 Å². The maximum absolute atomic E-state index is 10.3. The lowest BCUT2D eigenvalue weighted by Crippen LogP contribution is -2.45. The van der Waals surface area contributed by atoms with Crippen LogP contribution in [-0.4, -0.2) is 49.0 Å². The molecule has 0 aromatic heterocycles. The Morgan fingerprint density at radius 2 is 2.30 bits per heavy atom. The van der Waals surface area contributed by atoms with Gasteiger partial charge in [-0.3, -0.25) is 4.90 Å². The highest BCUT2D eigenvalue weighted by Crippen LogP contribution is 2.32. The summed E-state index contributed by atoms with van der Waals surface area (Å²) in [5.74, 6) is 0.992. The second-order valence-electron chi connectivity index (χ2n) is 6.41. The first kappa shape index (κ1) is 16.3. The van der Waals surface area contributed by atoms with Gasteiger partial charge in [-0.25, -0.2) is 0 Å².